The number of ketones is 1. The van der Waals surface area contributed by atoms with Gasteiger partial charge in [-0.25, -0.2) is 0 Å². The molecule has 11 heteroatoms. The first-order valence-corrected chi connectivity index (χ1v) is 9.07. The first-order valence-electron chi connectivity index (χ1n) is 8.19. The number of aliphatic hydroxyl groups excluding tert-OH is 1. The molecule has 1 aromatic carbocycles. The topological polar surface area (TPSA) is 92.6 Å². The Morgan fingerprint density at radius 2 is 2.00 bits per heavy atom. The van der Waals surface area contributed by atoms with Gasteiger partial charge in [0.15, 0.2) is 11.5 Å². The number of rotatable bonds is 5. The van der Waals surface area contributed by atoms with Crippen LogP contribution in [0.4, 0.5) is 18.3 Å². The van der Waals surface area contributed by atoms with Crippen LogP contribution in [-0.2, 0) is 9.59 Å². The standard InChI is InChI=1S/C17H12F3N3O4S/c18-17(19,20)27-10-4-2-1-3-9(10)12-11(13(24)8-5-6-8)14(25)15(26)23(12)16-22-21-7-28-16/h1-4,7-8,12,25H,5-6H2. The molecule has 28 heavy (non-hydrogen) atoms. The number of nitrogens with zero attached hydrogens (tertiary/aromatic N) is 3. The highest BCUT2D eigenvalue weighted by molar-refractivity contribution is 7.13. The van der Waals surface area contributed by atoms with Crippen LogP contribution in [0.5, 0.6) is 5.75 Å². The van der Waals surface area contributed by atoms with Gasteiger partial charge in [0.1, 0.15) is 17.3 Å². The number of hydrogen-bond acceptors (Lipinski definition) is 7. The Bertz CT molecular complexity index is 970. The number of anilines is 1. The molecule has 2 heterocycles. The molecule has 2 aromatic rings. The van der Waals surface area contributed by atoms with Crippen LogP contribution in [0.15, 0.2) is 41.1 Å². The summed E-state index contributed by atoms with van der Waals surface area (Å²) in [5.41, 5.74) is 0.993. The molecule has 0 saturated heterocycles. The van der Waals surface area contributed by atoms with Crippen molar-refractivity contribution in [2.75, 3.05) is 4.90 Å². The minimum atomic E-state index is -4.97. The van der Waals surface area contributed by atoms with Crippen molar-refractivity contribution < 1.29 is 32.6 Å². The SMILES string of the molecule is O=C(C1=C(O)C(=O)N(c2nncs2)C1c1ccccc1OC(F)(F)F)C1CC1. The fourth-order valence-electron chi connectivity index (χ4n) is 3.11. The summed E-state index contributed by atoms with van der Waals surface area (Å²) in [6.45, 7) is 0. The normalized spacial score (nSPS) is 20.0. The molecule has 1 aliphatic heterocycles. The number of benzene rings is 1. The number of halogens is 3. The molecule has 4 rings (SSSR count). The smallest absolute Gasteiger partial charge is 0.503 e. The zero-order valence-electron chi connectivity index (χ0n) is 14.0. The Kier molecular flexibility index (Phi) is 4.33. The third-order valence-corrected chi connectivity index (χ3v) is 5.10. The molecule has 1 aromatic heterocycles. The Morgan fingerprint density at radius 1 is 1.29 bits per heavy atom. The lowest BCUT2D eigenvalue weighted by Crippen LogP contribution is -2.32. The van der Waals surface area contributed by atoms with Crippen molar-refractivity contribution in [3.05, 3.63) is 46.7 Å². The Hall–Kier alpha value is -2.95. The van der Waals surface area contributed by atoms with Gasteiger partial charge in [-0.1, -0.05) is 29.5 Å². The van der Waals surface area contributed by atoms with Gasteiger partial charge < -0.3 is 9.84 Å². The number of carbonyl (C=O) groups excluding carboxylic acids is 2. The number of amides is 1. The molecule has 146 valence electrons. The predicted molar refractivity (Wildman–Crippen MR) is 90.6 cm³/mol. The molecule has 0 bridgehead atoms. The molecule has 1 N–H and O–H groups in total. The molecular weight excluding hydrogens is 399 g/mol. The average molecular weight is 411 g/mol. The van der Waals surface area contributed by atoms with E-state index < -0.39 is 35.6 Å². The molecule has 1 unspecified atom stereocenters. The third kappa shape index (κ3) is 3.21. The number of aromatic nitrogens is 2. The van der Waals surface area contributed by atoms with Crippen LogP contribution in [0.1, 0.15) is 24.4 Å². The Balaban J connectivity index is 1.87. The summed E-state index contributed by atoms with van der Waals surface area (Å²) in [4.78, 5) is 26.4. The quantitative estimate of drug-likeness (QED) is 0.812. The highest BCUT2D eigenvalue weighted by atomic mass is 32.1. The van der Waals surface area contributed by atoms with Crippen molar-refractivity contribution in [2.24, 2.45) is 5.92 Å². The summed E-state index contributed by atoms with van der Waals surface area (Å²) in [5.74, 6) is -3.12. The van der Waals surface area contributed by atoms with Crippen LogP contribution in [0, 0.1) is 5.92 Å². The summed E-state index contributed by atoms with van der Waals surface area (Å²) in [7, 11) is 0. The zero-order chi connectivity index (χ0) is 20.1. The Morgan fingerprint density at radius 3 is 2.61 bits per heavy atom. The third-order valence-electron chi connectivity index (χ3n) is 4.42. The lowest BCUT2D eigenvalue weighted by atomic mass is 9.93. The second-order valence-corrected chi connectivity index (χ2v) is 7.10. The number of ether oxygens (including phenoxy) is 1. The van der Waals surface area contributed by atoms with Gasteiger partial charge in [0.25, 0.3) is 5.91 Å². The number of alkyl halides is 3. The van der Waals surface area contributed by atoms with Gasteiger partial charge in [-0.3, -0.25) is 14.5 Å². The molecule has 1 atom stereocenters. The van der Waals surface area contributed by atoms with E-state index >= 15 is 0 Å². The average Bonchev–Trinajstić information content (AvgIpc) is 3.29. The Labute approximate surface area is 160 Å². The van der Waals surface area contributed by atoms with Gasteiger partial charge in [-0.2, -0.15) is 0 Å². The van der Waals surface area contributed by atoms with Crippen LogP contribution >= 0.6 is 11.3 Å². The molecular formula is C17H12F3N3O4S. The summed E-state index contributed by atoms with van der Waals surface area (Å²) in [6, 6.07) is 3.89. The number of aliphatic hydroxyl groups is 1. The van der Waals surface area contributed by atoms with Crippen LogP contribution < -0.4 is 9.64 Å². The van der Waals surface area contributed by atoms with Gasteiger partial charge >= 0.3 is 6.36 Å². The van der Waals surface area contributed by atoms with E-state index in [0.29, 0.717) is 12.8 Å². The van der Waals surface area contributed by atoms with E-state index in [1.54, 1.807) is 0 Å². The van der Waals surface area contributed by atoms with E-state index in [0.717, 1.165) is 22.3 Å². The second-order valence-electron chi connectivity index (χ2n) is 6.29. The summed E-state index contributed by atoms with van der Waals surface area (Å²) >= 11 is 0.952. The first-order chi connectivity index (χ1) is 13.3. The molecule has 2 aliphatic rings. The van der Waals surface area contributed by atoms with Gasteiger partial charge in [-0.15, -0.1) is 23.4 Å². The van der Waals surface area contributed by atoms with Crippen molar-refractivity contribution in [3.8, 4) is 5.75 Å². The largest absolute Gasteiger partial charge is 0.573 e. The molecule has 1 aliphatic carbocycles. The molecule has 7 nitrogen and oxygen atoms in total. The minimum Gasteiger partial charge on any atom is -0.503 e. The van der Waals surface area contributed by atoms with E-state index in [2.05, 4.69) is 14.9 Å². The molecule has 1 amide bonds. The second kappa shape index (κ2) is 6.59. The van der Waals surface area contributed by atoms with E-state index in [4.69, 9.17) is 0 Å². The number of para-hydroxylation sites is 1. The highest BCUT2D eigenvalue weighted by Gasteiger charge is 2.49. The molecule has 0 spiro atoms. The number of hydrogen-bond donors (Lipinski definition) is 1. The number of Topliss-reactive ketones (excluding diaryl/α,β-unsaturated/α-hetero) is 1. The van der Waals surface area contributed by atoms with E-state index in [-0.39, 0.29) is 22.2 Å². The van der Waals surface area contributed by atoms with Crippen LogP contribution in [-0.4, -0.2) is 33.4 Å². The van der Waals surface area contributed by atoms with E-state index in [1.165, 1.54) is 23.7 Å². The first kappa shape index (κ1) is 18.4. The lowest BCUT2D eigenvalue weighted by molar-refractivity contribution is -0.274. The fourth-order valence-corrected chi connectivity index (χ4v) is 3.69. The fraction of sp³-hybridized carbons (Fsp3) is 0.294. The van der Waals surface area contributed by atoms with Crippen molar-refractivity contribution in [3.63, 3.8) is 0 Å². The summed E-state index contributed by atoms with van der Waals surface area (Å²) in [5, 5.41) is 17.8. The van der Waals surface area contributed by atoms with Gasteiger partial charge in [0.05, 0.1) is 5.57 Å². The van der Waals surface area contributed by atoms with Gasteiger partial charge in [-0.05, 0) is 18.9 Å². The lowest BCUT2D eigenvalue weighted by Gasteiger charge is -2.26. The summed E-state index contributed by atoms with van der Waals surface area (Å²) < 4.78 is 42.7. The van der Waals surface area contributed by atoms with E-state index in [1.807, 2.05) is 0 Å². The maximum absolute atomic E-state index is 12.9. The highest BCUT2D eigenvalue weighted by Crippen LogP contribution is 2.47. The van der Waals surface area contributed by atoms with Crippen molar-refractivity contribution in [1.29, 1.82) is 0 Å². The van der Waals surface area contributed by atoms with Crippen molar-refractivity contribution in [1.82, 2.24) is 10.2 Å². The van der Waals surface area contributed by atoms with Crippen molar-refractivity contribution >= 4 is 28.2 Å². The predicted octanol–water partition coefficient (Wildman–Crippen LogP) is 3.32. The monoisotopic (exact) mass is 411 g/mol. The maximum Gasteiger partial charge on any atom is 0.573 e. The minimum absolute atomic E-state index is 0.0435. The summed E-state index contributed by atoms with van der Waals surface area (Å²) in [6.07, 6.45) is -3.79. The molecule has 1 fully saturated rings. The number of carbonyl (C=O) groups is 2. The zero-order valence-corrected chi connectivity index (χ0v) is 14.8. The van der Waals surface area contributed by atoms with Crippen LogP contribution in [0.2, 0.25) is 0 Å². The van der Waals surface area contributed by atoms with Crippen molar-refractivity contribution in [2.45, 2.75) is 25.2 Å². The van der Waals surface area contributed by atoms with Crippen LogP contribution in [0.3, 0.4) is 0 Å². The van der Waals surface area contributed by atoms with Crippen LogP contribution in [0.25, 0.3) is 0 Å². The molecule has 0 radical (unpaired) electrons. The molecule has 1 saturated carbocycles. The maximum atomic E-state index is 12.9. The van der Waals surface area contributed by atoms with E-state index in [9.17, 15) is 27.9 Å². The van der Waals surface area contributed by atoms with Gasteiger partial charge in [0, 0.05) is 11.5 Å². The van der Waals surface area contributed by atoms with Gasteiger partial charge in [0.2, 0.25) is 5.13 Å².